The second-order valence-corrected chi connectivity index (χ2v) is 22.5. The molecule has 10 aliphatic rings. The minimum Gasteiger partial charge on any atom is -0.453 e. The number of furan rings is 1. The molecule has 0 aliphatic heterocycles. The van der Waals surface area contributed by atoms with Gasteiger partial charge in [-0.25, -0.2) is 4.79 Å². The van der Waals surface area contributed by atoms with Crippen molar-refractivity contribution in [1.29, 1.82) is 0 Å². The summed E-state index contributed by atoms with van der Waals surface area (Å²) >= 11 is 6.44. The molecular formula is C52H58ClF3N2O5. The van der Waals surface area contributed by atoms with Gasteiger partial charge in [-0.2, -0.15) is 13.2 Å². The molecule has 1 aromatic heterocycles. The van der Waals surface area contributed by atoms with Crippen LogP contribution in [0.4, 0.5) is 23.7 Å². The Balaban J connectivity index is 0.966. The molecule has 0 radical (unpaired) electrons. The van der Waals surface area contributed by atoms with E-state index in [-0.39, 0.29) is 63.1 Å². The summed E-state index contributed by atoms with van der Waals surface area (Å²) in [6.45, 7) is 5.30. The molecule has 1 unspecified atom stereocenters. The molecule has 3 aromatic rings. The van der Waals surface area contributed by atoms with E-state index in [0.717, 1.165) is 44.2 Å². The maximum absolute atomic E-state index is 15.3. The topological polar surface area (TPSA) is 103 Å². The summed E-state index contributed by atoms with van der Waals surface area (Å²) in [4.78, 5) is 31.9. The average Bonchev–Trinajstić information content (AvgIpc) is 3.82. The number of urea groups is 1. The Hall–Kier alpha value is -3.86. The maximum Gasteiger partial charge on any atom is 0.416 e. The summed E-state index contributed by atoms with van der Waals surface area (Å²) in [5.41, 5.74) is -3.11. The van der Waals surface area contributed by atoms with Crippen LogP contribution in [-0.2, 0) is 6.18 Å². The first-order chi connectivity index (χ1) is 29.9. The number of carbonyl (C=O) groups is 2. The first kappa shape index (κ1) is 41.8. The van der Waals surface area contributed by atoms with Gasteiger partial charge < -0.3 is 24.8 Å². The van der Waals surface area contributed by atoms with Gasteiger partial charge in [0, 0.05) is 39.6 Å². The van der Waals surface area contributed by atoms with Crippen molar-refractivity contribution in [2.75, 3.05) is 18.4 Å². The van der Waals surface area contributed by atoms with Crippen molar-refractivity contribution in [2.45, 2.75) is 115 Å². The van der Waals surface area contributed by atoms with Crippen LogP contribution < -0.4 is 5.32 Å². The van der Waals surface area contributed by atoms with E-state index in [1.54, 1.807) is 0 Å². The average molecular weight is 883 g/mol. The van der Waals surface area contributed by atoms with Crippen LogP contribution in [0.1, 0.15) is 113 Å². The van der Waals surface area contributed by atoms with Gasteiger partial charge >= 0.3 is 12.2 Å². The molecule has 11 heteroatoms. The number of anilines is 1. The van der Waals surface area contributed by atoms with E-state index >= 15 is 4.79 Å². The third-order valence-corrected chi connectivity index (χ3v) is 19.1. The Morgan fingerprint density at radius 1 is 0.841 bits per heavy atom. The summed E-state index contributed by atoms with van der Waals surface area (Å²) in [5, 5.41) is 27.9. The summed E-state index contributed by atoms with van der Waals surface area (Å²) in [6.07, 6.45) is 13.2. The SMILES string of the molecule is C[C@]12CC[C@H]3[C@]4(C=C[C@@]5(C=C4C(=O)c4ccc(-c6cc(C(F)(F)F)ccc6Cl)o4)CC(O)CC[C@]35C)[C@@H]1CC[C@@]2(O)CN(CC12CC3CC(CC(C3)C1)C2)C(=O)Nc1ccccc1. The molecule has 7 saturated carbocycles. The number of nitrogens with one attached hydrogen (secondary N) is 1. The highest BCUT2D eigenvalue weighted by Gasteiger charge is 2.75. The molecule has 334 valence electrons. The number of hydrogen-bond donors (Lipinski definition) is 3. The minimum atomic E-state index is -4.60. The number of halogens is 4. The third-order valence-electron chi connectivity index (χ3n) is 18.8. The number of para-hydroxylation sites is 1. The molecule has 2 amide bonds. The highest BCUT2D eigenvalue weighted by atomic mass is 35.5. The van der Waals surface area contributed by atoms with E-state index < -0.39 is 39.7 Å². The summed E-state index contributed by atoms with van der Waals surface area (Å²) < 4.78 is 47.6. The van der Waals surface area contributed by atoms with Gasteiger partial charge in [-0.15, -0.1) is 0 Å². The number of aliphatic hydroxyl groups is 2. The molecule has 63 heavy (non-hydrogen) atoms. The number of fused-ring (bicyclic) bond motifs is 1. The van der Waals surface area contributed by atoms with Gasteiger partial charge in [-0.3, -0.25) is 4.79 Å². The van der Waals surface area contributed by atoms with E-state index in [0.29, 0.717) is 67.7 Å². The van der Waals surface area contributed by atoms with E-state index in [1.165, 1.54) is 37.5 Å². The Morgan fingerprint density at radius 2 is 1.51 bits per heavy atom. The molecule has 13 rings (SSSR count). The van der Waals surface area contributed by atoms with E-state index in [1.807, 2.05) is 35.2 Å². The van der Waals surface area contributed by atoms with Crippen LogP contribution in [0.2, 0.25) is 5.02 Å². The second-order valence-electron chi connectivity index (χ2n) is 22.1. The molecule has 10 aliphatic carbocycles. The molecule has 3 N–H and O–H groups in total. The van der Waals surface area contributed by atoms with Crippen LogP contribution in [0.5, 0.6) is 0 Å². The van der Waals surface area contributed by atoms with E-state index in [9.17, 15) is 28.2 Å². The Morgan fingerprint density at radius 3 is 2.21 bits per heavy atom. The van der Waals surface area contributed by atoms with Crippen molar-refractivity contribution in [3.05, 3.63) is 101 Å². The standard InChI is InChI=1S/C52H58ClF3N2O5/c1-46-15-12-36(59)27-49(46)18-19-51(38(28-49)44(60)41-11-10-40(63-41)37-23-34(52(54,55)56)8-9-39(37)53)42(46)13-16-47(2)43(51)14-17-50(47,62)30-58(45(61)57-35-6-4-3-5-7-35)29-48-24-31-20-32(25-48)22-33(21-31)26-48/h3-11,18-19,23,28,31-33,36,42-43,59,62H,12-17,20-22,24-27,29-30H2,1-2H3,(H,57,61)/t31?,32?,33?,36?,42-,43-,46-,47+,48?,49+,50-,51-/m1/s1. The monoisotopic (exact) mass is 882 g/mol. The van der Waals surface area contributed by atoms with Crippen LogP contribution in [0, 0.1) is 56.7 Å². The van der Waals surface area contributed by atoms with Crippen molar-refractivity contribution in [3.8, 4) is 11.3 Å². The van der Waals surface area contributed by atoms with Gasteiger partial charge in [-0.05, 0) is 166 Å². The number of hydrogen-bond acceptors (Lipinski definition) is 5. The predicted octanol–water partition coefficient (Wildman–Crippen LogP) is 12.1. The zero-order valence-corrected chi connectivity index (χ0v) is 36.9. The number of ketones is 1. The lowest BCUT2D eigenvalue weighted by molar-refractivity contribution is -0.176. The van der Waals surface area contributed by atoms with Gasteiger partial charge in [0.15, 0.2) is 5.76 Å². The highest BCUT2D eigenvalue weighted by Crippen LogP contribution is 2.78. The number of amides is 2. The Labute approximate surface area is 372 Å². The van der Waals surface area contributed by atoms with Gasteiger partial charge in [0.25, 0.3) is 0 Å². The lowest BCUT2D eigenvalue weighted by atomic mass is 9.32. The fraction of sp³-hybridized carbons (Fsp3) is 0.577. The van der Waals surface area contributed by atoms with Gasteiger partial charge in [-0.1, -0.05) is 61.9 Å². The molecule has 0 saturated heterocycles. The number of nitrogens with zero attached hydrogens (tertiary/aromatic N) is 1. The molecule has 2 spiro atoms. The number of Topliss-reactive ketones (excluding diaryl/α,β-unsaturated/α-hetero) is 1. The molecule has 7 fully saturated rings. The summed E-state index contributed by atoms with van der Waals surface area (Å²) in [7, 11) is 0. The Kier molecular flexibility index (Phi) is 9.34. The van der Waals surface area contributed by atoms with Crippen molar-refractivity contribution < 1.29 is 37.4 Å². The minimum absolute atomic E-state index is 0.00753. The zero-order valence-electron chi connectivity index (χ0n) is 36.2. The number of alkyl halides is 3. The van der Waals surface area contributed by atoms with Crippen LogP contribution in [0.25, 0.3) is 11.3 Å². The van der Waals surface area contributed by atoms with Crippen molar-refractivity contribution in [1.82, 2.24) is 4.90 Å². The van der Waals surface area contributed by atoms with Crippen molar-refractivity contribution in [3.63, 3.8) is 0 Å². The number of benzene rings is 2. The van der Waals surface area contributed by atoms with Gasteiger partial charge in [0.05, 0.1) is 28.8 Å². The Bertz CT molecular complexity index is 2390. The molecular weight excluding hydrogens is 825 g/mol. The van der Waals surface area contributed by atoms with E-state index in [2.05, 4.69) is 37.4 Å². The summed E-state index contributed by atoms with van der Waals surface area (Å²) in [6, 6.07) is 15.4. The maximum atomic E-state index is 15.3. The van der Waals surface area contributed by atoms with Gasteiger partial charge in [0.1, 0.15) is 5.76 Å². The lowest BCUT2D eigenvalue weighted by Crippen LogP contribution is -2.67. The molecule has 1 heterocycles. The fourth-order valence-corrected chi connectivity index (χ4v) is 16.6. The number of aliphatic hydroxyl groups excluding tert-OH is 1. The first-order valence-corrected chi connectivity index (χ1v) is 23.7. The number of rotatable bonds is 8. The molecule has 8 atom stereocenters. The van der Waals surface area contributed by atoms with Crippen molar-refractivity contribution in [2.24, 2.45) is 56.7 Å². The molecule has 2 aromatic carbocycles. The van der Waals surface area contributed by atoms with Gasteiger partial charge in [0.2, 0.25) is 5.78 Å². The highest BCUT2D eigenvalue weighted by molar-refractivity contribution is 6.33. The smallest absolute Gasteiger partial charge is 0.416 e. The normalized spacial score (nSPS) is 40.5. The number of carbonyl (C=O) groups excluding carboxylic acids is 2. The fourth-order valence-electron chi connectivity index (χ4n) is 16.4. The predicted molar refractivity (Wildman–Crippen MR) is 235 cm³/mol. The quantitative estimate of drug-likeness (QED) is 0.154. The number of allylic oxidation sites excluding steroid dienone is 4. The third kappa shape index (κ3) is 6.18. The van der Waals surface area contributed by atoms with Crippen molar-refractivity contribution >= 4 is 29.1 Å². The second kappa shape index (κ2) is 14.1. The zero-order chi connectivity index (χ0) is 44.0. The first-order valence-electron chi connectivity index (χ1n) is 23.4. The van der Waals surface area contributed by atoms with Crippen LogP contribution >= 0.6 is 11.6 Å². The van der Waals surface area contributed by atoms with Crippen LogP contribution in [0.15, 0.2) is 88.9 Å². The molecule has 6 bridgehead atoms. The molecule has 7 nitrogen and oxygen atoms in total. The van der Waals surface area contributed by atoms with E-state index in [4.69, 9.17) is 16.0 Å². The van der Waals surface area contributed by atoms with Crippen LogP contribution in [-0.4, -0.2) is 51.7 Å². The van der Waals surface area contributed by atoms with Crippen LogP contribution in [0.3, 0.4) is 0 Å². The lowest BCUT2D eigenvalue weighted by Gasteiger charge is -2.71. The largest absolute Gasteiger partial charge is 0.453 e. The summed E-state index contributed by atoms with van der Waals surface area (Å²) in [5.74, 6) is 1.68.